The molecule has 220 valence electrons. The summed E-state index contributed by atoms with van der Waals surface area (Å²) in [5.74, 6) is -1.05. The quantitative estimate of drug-likeness (QED) is 0.197. The largest absolute Gasteiger partial charge is 0.497 e. The molecule has 8 heteroatoms. The highest BCUT2D eigenvalue weighted by atomic mass is 19.1. The molecular weight excluding hydrogens is 561 g/mol. The number of nitrogens with zero attached hydrogens (tertiary/aromatic N) is 1. The van der Waals surface area contributed by atoms with Gasteiger partial charge in [-0.3, -0.25) is 14.4 Å². The number of carbonyl (C=O) groups excluding carboxylic acids is 3. The van der Waals surface area contributed by atoms with E-state index in [9.17, 15) is 18.8 Å². The van der Waals surface area contributed by atoms with Gasteiger partial charge in [0.2, 0.25) is 0 Å². The van der Waals surface area contributed by atoms with Crippen LogP contribution in [0.25, 0.3) is 6.08 Å². The first-order valence-electron chi connectivity index (χ1n) is 14.2. The first kappa shape index (κ1) is 27.6. The second-order valence-electron chi connectivity index (χ2n) is 11.1. The summed E-state index contributed by atoms with van der Waals surface area (Å²) >= 11 is 0. The van der Waals surface area contributed by atoms with Crippen LogP contribution in [0.5, 0.6) is 17.2 Å². The third kappa shape index (κ3) is 3.70. The topological polar surface area (TPSA) is 82.1 Å². The van der Waals surface area contributed by atoms with E-state index in [1.807, 2.05) is 4.90 Å². The monoisotopic (exact) mass is 589 g/mol. The van der Waals surface area contributed by atoms with Crippen molar-refractivity contribution < 1.29 is 33.0 Å². The van der Waals surface area contributed by atoms with Crippen LogP contribution in [-0.4, -0.2) is 50.8 Å². The Morgan fingerprint density at radius 1 is 0.795 bits per heavy atom. The van der Waals surface area contributed by atoms with Crippen molar-refractivity contribution in [1.29, 1.82) is 0 Å². The molecule has 3 atom stereocenters. The van der Waals surface area contributed by atoms with Crippen molar-refractivity contribution in [3.8, 4) is 17.2 Å². The maximum atomic E-state index is 14.9. The van der Waals surface area contributed by atoms with Crippen molar-refractivity contribution in [2.45, 2.75) is 18.0 Å². The van der Waals surface area contributed by atoms with Crippen LogP contribution < -0.4 is 19.1 Å². The molecule has 2 aliphatic heterocycles. The lowest BCUT2D eigenvalue weighted by Crippen LogP contribution is -2.48. The van der Waals surface area contributed by atoms with Crippen LogP contribution in [0.15, 0.2) is 91.0 Å². The Morgan fingerprint density at radius 2 is 1.45 bits per heavy atom. The van der Waals surface area contributed by atoms with Gasteiger partial charge in [0.1, 0.15) is 34.5 Å². The van der Waals surface area contributed by atoms with E-state index in [1.165, 1.54) is 26.4 Å². The summed E-state index contributed by atoms with van der Waals surface area (Å²) in [6.07, 6.45) is 3.48. The smallest absolute Gasteiger partial charge is 0.185 e. The minimum absolute atomic E-state index is 0.306. The van der Waals surface area contributed by atoms with Crippen LogP contribution in [0.2, 0.25) is 0 Å². The number of halogens is 1. The second-order valence-corrected chi connectivity index (χ2v) is 11.1. The third-order valence-corrected chi connectivity index (χ3v) is 9.18. The molecule has 7 rings (SSSR count). The van der Waals surface area contributed by atoms with Gasteiger partial charge in [-0.25, -0.2) is 4.39 Å². The minimum Gasteiger partial charge on any atom is -0.497 e. The molecule has 0 aromatic heterocycles. The molecule has 4 aromatic carbocycles. The normalized spacial score (nSPS) is 20.7. The molecule has 1 aliphatic carbocycles. The number of carbonyl (C=O) groups is 3. The van der Waals surface area contributed by atoms with Crippen molar-refractivity contribution in [2.24, 2.45) is 5.41 Å². The van der Waals surface area contributed by atoms with Crippen LogP contribution in [0.1, 0.15) is 48.1 Å². The van der Waals surface area contributed by atoms with Gasteiger partial charge in [-0.05, 0) is 60.7 Å². The fraction of sp³-hybridized carbons (Fsp3) is 0.194. The molecule has 0 radical (unpaired) electrons. The second kappa shape index (κ2) is 10.2. The number of hydrogen-bond donors (Lipinski definition) is 0. The van der Waals surface area contributed by atoms with Gasteiger partial charge in [0.25, 0.3) is 0 Å². The fourth-order valence-corrected chi connectivity index (χ4v) is 7.30. The van der Waals surface area contributed by atoms with Crippen LogP contribution >= 0.6 is 0 Å². The Kier molecular flexibility index (Phi) is 6.39. The summed E-state index contributed by atoms with van der Waals surface area (Å²) in [7, 11) is 4.57. The highest BCUT2D eigenvalue weighted by molar-refractivity contribution is 6.32. The SMILES string of the molecule is COc1ccc(C(=O)[C@@H]2[C@@H](c3cc(OC)ccc3OC)C3(C(=O)c4ccccc4C3=O)[C@H]3C=Cc4cc(F)ccc4N23)cc1. The fourth-order valence-electron chi connectivity index (χ4n) is 7.30. The zero-order valence-corrected chi connectivity index (χ0v) is 24.2. The molecule has 0 unspecified atom stereocenters. The summed E-state index contributed by atoms with van der Waals surface area (Å²) in [6.45, 7) is 0. The van der Waals surface area contributed by atoms with E-state index >= 15 is 0 Å². The first-order chi connectivity index (χ1) is 21.3. The van der Waals surface area contributed by atoms with Crippen LogP contribution in [0.3, 0.4) is 0 Å². The number of ketones is 3. The Balaban J connectivity index is 1.57. The number of methoxy groups -OCH3 is 3. The van der Waals surface area contributed by atoms with Crippen molar-refractivity contribution in [2.75, 3.05) is 26.2 Å². The molecule has 4 aromatic rings. The first-order valence-corrected chi connectivity index (χ1v) is 14.2. The molecule has 2 heterocycles. The molecule has 7 nitrogen and oxygen atoms in total. The zero-order chi connectivity index (χ0) is 30.7. The lowest BCUT2D eigenvalue weighted by atomic mass is 9.64. The summed E-state index contributed by atoms with van der Waals surface area (Å²) in [5.41, 5.74) is 0.814. The lowest BCUT2D eigenvalue weighted by molar-refractivity contribution is 0.0664. The highest BCUT2D eigenvalue weighted by Gasteiger charge is 2.72. The summed E-state index contributed by atoms with van der Waals surface area (Å²) < 4.78 is 31.2. The van der Waals surface area contributed by atoms with Gasteiger partial charge in [0, 0.05) is 39.4 Å². The minimum atomic E-state index is -1.74. The molecular formula is C36H28FNO6. The Hall–Kier alpha value is -5.24. The third-order valence-electron chi connectivity index (χ3n) is 9.18. The van der Waals surface area contributed by atoms with Gasteiger partial charge < -0.3 is 19.1 Å². The number of fused-ring (bicyclic) bond motifs is 5. The van der Waals surface area contributed by atoms with Crippen LogP contribution in [0, 0.1) is 11.2 Å². The van der Waals surface area contributed by atoms with Gasteiger partial charge in [-0.2, -0.15) is 0 Å². The van der Waals surface area contributed by atoms with Gasteiger partial charge in [-0.1, -0.05) is 36.4 Å². The van der Waals surface area contributed by atoms with E-state index in [4.69, 9.17) is 14.2 Å². The molecule has 1 spiro atoms. The number of benzene rings is 4. The van der Waals surface area contributed by atoms with Crippen LogP contribution in [0.4, 0.5) is 10.1 Å². The van der Waals surface area contributed by atoms with E-state index in [-0.39, 0.29) is 17.3 Å². The Labute approximate surface area is 253 Å². The molecule has 44 heavy (non-hydrogen) atoms. The molecule has 0 amide bonds. The van der Waals surface area contributed by atoms with Crippen LogP contribution in [-0.2, 0) is 0 Å². The lowest BCUT2D eigenvalue weighted by Gasteiger charge is -2.37. The number of ether oxygens (including phenoxy) is 3. The predicted molar refractivity (Wildman–Crippen MR) is 163 cm³/mol. The van der Waals surface area contributed by atoms with E-state index in [2.05, 4.69) is 0 Å². The van der Waals surface area contributed by atoms with Gasteiger partial charge in [0.15, 0.2) is 17.3 Å². The molecule has 1 saturated heterocycles. The number of anilines is 1. The predicted octanol–water partition coefficient (Wildman–Crippen LogP) is 6.17. The molecule has 1 fully saturated rings. The maximum absolute atomic E-state index is 14.9. The van der Waals surface area contributed by atoms with Gasteiger partial charge in [0.05, 0.1) is 27.4 Å². The van der Waals surface area contributed by atoms with E-state index in [0.29, 0.717) is 50.8 Å². The average Bonchev–Trinajstić information content (AvgIpc) is 3.49. The highest BCUT2D eigenvalue weighted by Crippen LogP contribution is 2.62. The summed E-state index contributed by atoms with van der Waals surface area (Å²) in [4.78, 5) is 46.4. The molecule has 3 aliphatic rings. The van der Waals surface area contributed by atoms with Crippen molar-refractivity contribution in [1.82, 2.24) is 0 Å². The Bertz CT molecular complexity index is 1850. The summed E-state index contributed by atoms with van der Waals surface area (Å²) in [6, 6.07) is 21.0. The van der Waals surface area contributed by atoms with E-state index in [1.54, 1.807) is 92.1 Å². The number of hydrogen-bond acceptors (Lipinski definition) is 7. The van der Waals surface area contributed by atoms with E-state index < -0.39 is 29.2 Å². The van der Waals surface area contributed by atoms with E-state index in [0.717, 1.165) is 0 Å². The molecule has 0 bridgehead atoms. The number of Topliss-reactive ketones (excluding diaryl/α,β-unsaturated/α-hetero) is 3. The molecule has 0 saturated carbocycles. The maximum Gasteiger partial charge on any atom is 0.185 e. The van der Waals surface area contributed by atoms with Gasteiger partial charge >= 0.3 is 0 Å². The van der Waals surface area contributed by atoms with Crippen molar-refractivity contribution in [3.05, 3.63) is 125 Å². The molecule has 0 N–H and O–H groups in total. The average molecular weight is 590 g/mol. The standard InChI is InChI=1S/C36H28FNO6/c1-42-23-12-8-20(9-13-23)33(39)32-31(27-19-24(43-2)14-16-29(27)44-3)36(34(40)25-6-4-5-7-26(25)35(36)41)30-17-10-21-18-22(37)11-15-28(21)38(30)32/h4-19,30-32H,1-3H3/t30-,31-,32+/m1/s1. The summed E-state index contributed by atoms with van der Waals surface area (Å²) in [5, 5.41) is 0. The van der Waals surface area contributed by atoms with Crippen molar-refractivity contribution >= 4 is 29.1 Å². The Morgan fingerprint density at radius 3 is 2.09 bits per heavy atom. The number of rotatable bonds is 6. The zero-order valence-electron chi connectivity index (χ0n) is 24.2. The van der Waals surface area contributed by atoms with Crippen molar-refractivity contribution in [3.63, 3.8) is 0 Å². The van der Waals surface area contributed by atoms with Gasteiger partial charge in [-0.15, -0.1) is 0 Å².